The molecule has 4 heteroatoms. The minimum absolute atomic E-state index is 0.0573. The second-order valence-corrected chi connectivity index (χ2v) is 3.76. The summed E-state index contributed by atoms with van der Waals surface area (Å²) in [5.74, 6) is -0.557. The monoisotopic (exact) mass is 188 g/mol. The Balaban J connectivity index is 2.03. The molecule has 2 unspecified atom stereocenters. The van der Waals surface area contributed by atoms with Gasteiger partial charge in [-0.1, -0.05) is 0 Å². The average Bonchev–Trinajstić information content (AvgIpc) is 2.51. The van der Waals surface area contributed by atoms with E-state index in [0.717, 1.165) is 6.42 Å². The smallest absolute Gasteiger partial charge is 0.173 e. The lowest BCUT2D eigenvalue weighted by Gasteiger charge is -2.37. The summed E-state index contributed by atoms with van der Waals surface area (Å²) < 4.78 is 16.3. The molecule has 2 aliphatic rings. The van der Waals surface area contributed by atoms with Gasteiger partial charge in [-0.05, 0) is 6.42 Å². The van der Waals surface area contributed by atoms with Crippen LogP contribution >= 0.6 is 0 Å². The van der Waals surface area contributed by atoms with Crippen LogP contribution in [-0.2, 0) is 14.2 Å². The first-order valence-corrected chi connectivity index (χ1v) is 4.73. The molecular formula is C9H16O4. The minimum Gasteiger partial charge on any atom is -0.393 e. The van der Waals surface area contributed by atoms with Gasteiger partial charge in [0.1, 0.15) is 0 Å². The summed E-state index contributed by atoms with van der Waals surface area (Å²) in [6.07, 6.45) is 1.69. The lowest BCUT2D eigenvalue weighted by atomic mass is 9.89. The molecule has 1 saturated heterocycles. The topological polar surface area (TPSA) is 47.9 Å². The van der Waals surface area contributed by atoms with Gasteiger partial charge in [-0.3, -0.25) is 0 Å². The van der Waals surface area contributed by atoms with Crippen molar-refractivity contribution < 1.29 is 19.3 Å². The molecule has 13 heavy (non-hydrogen) atoms. The Kier molecular flexibility index (Phi) is 2.55. The van der Waals surface area contributed by atoms with Gasteiger partial charge in [0.05, 0.1) is 25.4 Å². The Hall–Kier alpha value is -0.160. The highest BCUT2D eigenvalue weighted by molar-refractivity contribution is 4.88. The van der Waals surface area contributed by atoms with Crippen LogP contribution in [0.25, 0.3) is 0 Å². The van der Waals surface area contributed by atoms with Gasteiger partial charge in [-0.25, -0.2) is 0 Å². The van der Waals surface area contributed by atoms with Crippen LogP contribution < -0.4 is 0 Å². The van der Waals surface area contributed by atoms with Crippen LogP contribution in [0.5, 0.6) is 0 Å². The molecule has 4 nitrogen and oxygen atoms in total. The van der Waals surface area contributed by atoms with Crippen LogP contribution in [0.3, 0.4) is 0 Å². The maximum atomic E-state index is 9.60. The number of ether oxygens (including phenoxy) is 3. The summed E-state index contributed by atoms with van der Waals surface area (Å²) in [6, 6.07) is 0. The van der Waals surface area contributed by atoms with Crippen molar-refractivity contribution in [3.8, 4) is 0 Å². The Morgan fingerprint density at radius 2 is 2.00 bits per heavy atom. The highest BCUT2D eigenvalue weighted by Gasteiger charge is 2.44. The Labute approximate surface area is 77.8 Å². The predicted molar refractivity (Wildman–Crippen MR) is 45.3 cm³/mol. The lowest BCUT2D eigenvalue weighted by molar-refractivity contribution is -0.218. The molecule has 2 rings (SSSR count). The number of aliphatic hydroxyl groups is 1. The zero-order chi connectivity index (χ0) is 9.31. The molecule has 0 aromatic heterocycles. The molecule has 1 heterocycles. The van der Waals surface area contributed by atoms with E-state index in [4.69, 9.17) is 14.2 Å². The third kappa shape index (κ3) is 1.86. The fraction of sp³-hybridized carbons (Fsp3) is 1.00. The van der Waals surface area contributed by atoms with Crippen molar-refractivity contribution in [1.82, 2.24) is 0 Å². The van der Waals surface area contributed by atoms with E-state index in [0.29, 0.717) is 26.1 Å². The van der Waals surface area contributed by atoms with Crippen LogP contribution in [0.15, 0.2) is 0 Å². The zero-order valence-electron chi connectivity index (χ0n) is 7.86. The molecule has 0 amide bonds. The number of rotatable bonds is 1. The van der Waals surface area contributed by atoms with Crippen molar-refractivity contribution >= 4 is 0 Å². The molecule has 76 valence electrons. The van der Waals surface area contributed by atoms with Crippen molar-refractivity contribution in [3.63, 3.8) is 0 Å². The number of hydrogen-bond donors (Lipinski definition) is 1. The number of hydrogen-bond acceptors (Lipinski definition) is 4. The summed E-state index contributed by atoms with van der Waals surface area (Å²) in [7, 11) is 1.66. The van der Waals surface area contributed by atoms with Crippen molar-refractivity contribution in [2.24, 2.45) is 0 Å². The molecule has 0 radical (unpaired) electrons. The molecule has 1 spiro atoms. The van der Waals surface area contributed by atoms with E-state index in [1.165, 1.54) is 0 Å². The molecular weight excluding hydrogens is 172 g/mol. The van der Waals surface area contributed by atoms with Crippen LogP contribution in [0, 0.1) is 0 Å². The van der Waals surface area contributed by atoms with Gasteiger partial charge in [-0.2, -0.15) is 0 Å². The average molecular weight is 188 g/mol. The van der Waals surface area contributed by atoms with Crippen LogP contribution in [0.2, 0.25) is 0 Å². The molecule has 2 atom stereocenters. The van der Waals surface area contributed by atoms with Gasteiger partial charge in [0.2, 0.25) is 0 Å². The largest absolute Gasteiger partial charge is 0.393 e. The molecule has 0 aromatic carbocycles. The maximum absolute atomic E-state index is 9.60. The standard InChI is InChI=1S/C9H16O4/c1-11-8-4-7(10)5-9(6-8)12-2-3-13-9/h7-8,10H,2-6H2,1H3. The molecule has 0 aromatic rings. The quantitative estimate of drug-likeness (QED) is 0.642. The third-order valence-electron chi connectivity index (χ3n) is 2.77. The molecule has 1 N–H and O–H groups in total. The van der Waals surface area contributed by atoms with Gasteiger partial charge in [-0.15, -0.1) is 0 Å². The van der Waals surface area contributed by atoms with Gasteiger partial charge in [0.15, 0.2) is 5.79 Å². The highest BCUT2D eigenvalue weighted by atomic mass is 16.7. The van der Waals surface area contributed by atoms with Crippen LogP contribution in [0.1, 0.15) is 19.3 Å². The van der Waals surface area contributed by atoms with E-state index in [1.54, 1.807) is 7.11 Å². The van der Waals surface area contributed by atoms with E-state index >= 15 is 0 Å². The Bertz CT molecular complexity index is 176. The first kappa shape index (κ1) is 9.40. The predicted octanol–water partition coefficient (Wildman–Crippen LogP) is 0.289. The summed E-state index contributed by atoms with van der Waals surface area (Å²) in [5.41, 5.74) is 0. The summed E-state index contributed by atoms with van der Waals surface area (Å²) in [5, 5.41) is 9.60. The van der Waals surface area contributed by atoms with Crippen molar-refractivity contribution in [2.75, 3.05) is 20.3 Å². The maximum Gasteiger partial charge on any atom is 0.173 e. The second-order valence-electron chi connectivity index (χ2n) is 3.76. The highest BCUT2D eigenvalue weighted by Crippen LogP contribution is 2.36. The molecule has 1 aliphatic carbocycles. The SMILES string of the molecule is COC1CC(O)CC2(C1)OCCO2. The van der Waals surface area contributed by atoms with Gasteiger partial charge in [0.25, 0.3) is 0 Å². The van der Waals surface area contributed by atoms with Crippen molar-refractivity contribution in [1.29, 1.82) is 0 Å². The van der Waals surface area contributed by atoms with E-state index in [1.807, 2.05) is 0 Å². The Morgan fingerprint density at radius 1 is 1.31 bits per heavy atom. The van der Waals surface area contributed by atoms with Crippen LogP contribution in [0.4, 0.5) is 0 Å². The van der Waals surface area contributed by atoms with E-state index in [9.17, 15) is 5.11 Å². The number of aliphatic hydroxyl groups excluding tert-OH is 1. The summed E-state index contributed by atoms with van der Waals surface area (Å²) >= 11 is 0. The van der Waals surface area contributed by atoms with Crippen molar-refractivity contribution in [3.05, 3.63) is 0 Å². The Morgan fingerprint density at radius 3 is 2.62 bits per heavy atom. The second kappa shape index (κ2) is 3.53. The van der Waals surface area contributed by atoms with Gasteiger partial charge < -0.3 is 19.3 Å². The zero-order valence-corrected chi connectivity index (χ0v) is 7.86. The van der Waals surface area contributed by atoms with Crippen LogP contribution in [-0.4, -0.2) is 43.4 Å². The summed E-state index contributed by atoms with van der Waals surface area (Å²) in [4.78, 5) is 0. The third-order valence-corrected chi connectivity index (χ3v) is 2.77. The lowest BCUT2D eigenvalue weighted by Crippen LogP contribution is -2.45. The molecule has 0 bridgehead atoms. The minimum atomic E-state index is -0.557. The van der Waals surface area contributed by atoms with Gasteiger partial charge >= 0.3 is 0 Å². The number of methoxy groups -OCH3 is 1. The van der Waals surface area contributed by atoms with E-state index in [2.05, 4.69) is 0 Å². The molecule has 2 fully saturated rings. The van der Waals surface area contributed by atoms with E-state index in [-0.39, 0.29) is 12.2 Å². The molecule has 1 saturated carbocycles. The molecule has 1 aliphatic heterocycles. The van der Waals surface area contributed by atoms with E-state index < -0.39 is 5.79 Å². The van der Waals surface area contributed by atoms with Gasteiger partial charge in [0, 0.05) is 20.0 Å². The fourth-order valence-corrected chi connectivity index (χ4v) is 2.17. The first-order valence-electron chi connectivity index (χ1n) is 4.73. The first-order chi connectivity index (χ1) is 6.24. The fourth-order valence-electron chi connectivity index (χ4n) is 2.17. The normalized spacial score (nSPS) is 38.3. The summed E-state index contributed by atoms with van der Waals surface area (Å²) in [6.45, 7) is 1.26. The van der Waals surface area contributed by atoms with Crippen molar-refractivity contribution in [2.45, 2.75) is 37.3 Å².